The number of benzene rings is 2. The molecule has 0 radical (unpaired) electrons. The van der Waals surface area contributed by atoms with Crippen molar-refractivity contribution in [1.82, 2.24) is 14.7 Å². The average molecular weight is 406 g/mol. The van der Waals surface area contributed by atoms with Crippen molar-refractivity contribution in [1.29, 1.82) is 0 Å². The van der Waals surface area contributed by atoms with E-state index in [9.17, 15) is 9.59 Å². The molecule has 1 aliphatic heterocycles. The second kappa shape index (κ2) is 8.98. The van der Waals surface area contributed by atoms with Crippen LogP contribution in [0.1, 0.15) is 36.0 Å². The molecule has 1 N–H and O–H groups in total. The van der Waals surface area contributed by atoms with Crippen molar-refractivity contribution in [2.45, 2.75) is 32.2 Å². The minimum Gasteiger partial charge on any atom is -0.497 e. The van der Waals surface area contributed by atoms with E-state index in [2.05, 4.69) is 10.4 Å². The van der Waals surface area contributed by atoms with Crippen LogP contribution in [0.3, 0.4) is 0 Å². The fraction of sp³-hybridized carbons (Fsp3) is 0.348. The maximum Gasteiger partial charge on any atom is 0.255 e. The molecule has 0 bridgehead atoms. The molecule has 2 heterocycles. The standard InChI is InChI=1S/C23H26N4O3/c1-30-20-8-6-7-19(14-20)25-23(29)17-9-10-21-18(13-17)15-24-27(21)16-22(28)26-11-4-2-3-5-12-26/h6-10,13-15H,2-5,11-12,16H2,1H3,(H,25,29). The van der Waals surface area contributed by atoms with Crippen LogP contribution >= 0.6 is 0 Å². The summed E-state index contributed by atoms with van der Waals surface area (Å²) in [4.78, 5) is 27.3. The fourth-order valence-corrected chi connectivity index (χ4v) is 3.81. The van der Waals surface area contributed by atoms with Gasteiger partial charge >= 0.3 is 0 Å². The molecule has 1 aromatic heterocycles. The summed E-state index contributed by atoms with van der Waals surface area (Å²) in [5.41, 5.74) is 2.04. The Balaban J connectivity index is 1.47. The van der Waals surface area contributed by atoms with Crippen molar-refractivity contribution in [3.8, 4) is 5.75 Å². The Labute approximate surface area is 175 Å². The third-order valence-corrected chi connectivity index (χ3v) is 5.48. The molecule has 0 spiro atoms. The van der Waals surface area contributed by atoms with Gasteiger partial charge in [0.05, 0.1) is 18.8 Å². The Morgan fingerprint density at radius 1 is 1.07 bits per heavy atom. The lowest BCUT2D eigenvalue weighted by Crippen LogP contribution is -2.34. The maximum absolute atomic E-state index is 12.7. The summed E-state index contributed by atoms with van der Waals surface area (Å²) in [5, 5.41) is 8.09. The van der Waals surface area contributed by atoms with Crippen LogP contribution in [-0.4, -0.2) is 46.7 Å². The van der Waals surface area contributed by atoms with Gasteiger partial charge in [-0.1, -0.05) is 18.9 Å². The lowest BCUT2D eigenvalue weighted by molar-refractivity contribution is -0.131. The predicted molar refractivity (Wildman–Crippen MR) is 116 cm³/mol. The van der Waals surface area contributed by atoms with E-state index >= 15 is 0 Å². The second-order valence-electron chi connectivity index (χ2n) is 7.56. The summed E-state index contributed by atoms with van der Waals surface area (Å²) in [6.45, 7) is 1.87. The number of carbonyl (C=O) groups excluding carboxylic acids is 2. The number of carbonyl (C=O) groups is 2. The zero-order valence-corrected chi connectivity index (χ0v) is 17.1. The quantitative estimate of drug-likeness (QED) is 0.701. The molecule has 2 aromatic carbocycles. The SMILES string of the molecule is COc1cccc(NC(=O)c2ccc3c(cnn3CC(=O)N3CCCCCC3)c2)c1. The van der Waals surface area contributed by atoms with Gasteiger partial charge in [-0.25, -0.2) is 0 Å². The molecule has 30 heavy (non-hydrogen) atoms. The first-order valence-corrected chi connectivity index (χ1v) is 10.3. The molecule has 0 unspecified atom stereocenters. The van der Waals surface area contributed by atoms with E-state index in [0.29, 0.717) is 17.0 Å². The van der Waals surface area contributed by atoms with Gasteiger partial charge in [0.15, 0.2) is 0 Å². The Bertz CT molecular complexity index is 1050. The molecule has 0 atom stereocenters. The van der Waals surface area contributed by atoms with E-state index in [1.165, 1.54) is 12.8 Å². The number of nitrogens with one attached hydrogen (secondary N) is 1. The van der Waals surface area contributed by atoms with Gasteiger partial charge in [0.25, 0.3) is 5.91 Å². The number of hydrogen-bond donors (Lipinski definition) is 1. The maximum atomic E-state index is 12.7. The molecule has 0 saturated carbocycles. The van der Waals surface area contributed by atoms with Crippen molar-refractivity contribution in [3.63, 3.8) is 0 Å². The Hall–Kier alpha value is -3.35. The number of likely N-dealkylation sites (tertiary alicyclic amines) is 1. The molecule has 0 aliphatic carbocycles. The van der Waals surface area contributed by atoms with Gasteiger partial charge in [-0.05, 0) is 43.2 Å². The average Bonchev–Trinajstić information content (AvgIpc) is 2.97. The molecule has 1 aliphatic rings. The first-order chi connectivity index (χ1) is 14.6. The third-order valence-electron chi connectivity index (χ3n) is 5.48. The molecular formula is C23H26N4O3. The number of aromatic nitrogens is 2. The zero-order valence-electron chi connectivity index (χ0n) is 17.1. The number of methoxy groups -OCH3 is 1. The number of rotatable bonds is 5. The van der Waals surface area contributed by atoms with Crippen LogP contribution in [0, 0.1) is 0 Å². The van der Waals surface area contributed by atoms with Gasteiger partial charge in [0, 0.05) is 35.8 Å². The van der Waals surface area contributed by atoms with Crippen LogP contribution in [0.4, 0.5) is 5.69 Å². The minimum atomic E-state index is -0.210. The van der Waals surface area contributed by atoms with Crippen molar-refractivity contribution in [3.05, 3.63) is 54.2 Å². The van der Waals surface area contributed by atoms with Gasteiger partial charge in [0.1, 0.15) is 12.3 Å². The molecule has 4 rings (SSSR count). The van der Waals surface area contributed by atoms with E-state index < -0.39 is 0 Å². The van der Waals surface area contributed by atoms with Crippen molar-refractivity contribution >= 4 is 28.4 Å². The van der Waals surface area contributed by atoms with Crippen molar-refractivity contribution in [2.75, 3.05) is 25.5 Å². The van der Waals surface area contributed by atoms with E-state index in [0.717, 1.165) is 36.8 Å². The predicted octanol–water partition coefficient (Wildman–Crippen LogP) is 3.70. The first-order valence-electron chi connectivity index (χ1n) is 10.3. The summed E-state index contributed by atoms with van der Waals surface area (Å²) < 4.78 is 6.91. The monoisotopic (exact) mass is 406 g/mol. The Kier molecular flexibility index (Phi) is 5.97. The minimum absolute atomic E-state index is 0.0988. The highest BCUT2D eigenvalue weighted by molar-refractivity contribution is 6.06. The largest absolute Gasteiger partial charge is 0.497 e. The molecule has 3 aromatic rings. The number of ether oxygens (including phenoxy) is 1. The Morgan fingerprint density at radius 3 is 2.63 bits per heavy atom. The van der Waals surface area contributed by atoms with Gasteiger partial charge in [-0.15, -0.1) is 0 Å². The third kappa shape index (κ3) is 4.45. The lowest BCUT2D eigenvalue weighted by Gasteiger charge is -2.20. The molecular weight excluding hydrogens is 380 g/mol. The summed E-state index contributed by atoms with van der Waals surface area (Å²) >= 11 is 0. The summed E-state index contributed by atoms with van der Waals surface area (Å²) in [5.74, 6) is 0.568. The first kappa shape index (κ1) is 19.9. The van der Waals surface area contributed by atoms with Crippen LogP contribution in [0.15, 0.2) is 48.7 Å². The van der Waals surface area contributed by atoms with Crippen molar-refractivity contribution < 1.29 is 14.3 Å². The van der Waals surface area contributed by atoms with Crippen molar-refractivity contribution in [2.24, 2.45) is 0 Å². The summed E-state index contributed by atoms with van der Waals surface area (Å²) in [7, 11) is 1.59. The smallest absolute Gasteiger partial charge is 0.255 e. The Morgan fingerprint density at radius 2 is 1.87 bits per heavy atom. The summed E-state index contributed by atoms with van der Waals surface area (Å²) in [6, 6.07) is 12.6. The molecule has 1 saturated heterocycles. The van der Waals surface area contributed by atoms with Gasteiger partial charge < -0.3 is 15.0 Å². The molecule has 7 heteroatoms. The normalized spacial score (nSPS) is 14.4. The van der Waals surface area contributed by atoms with Gasteiger partial charge in [-0.2, -0.15) is 5.10 Å². The second-order valence-corrected chi connectivity index (χ2v) is 7.56. The highest BCUT2D eigenvalue weighted by Gasteiger charge is 2.17. The topological polar surface area (TPSA) is 76.5 Å². The van der Waals surface area contributed by atoms with Crippen LogP contribution in [0.25, 0.3) is 10.9 Å². The van der Waals surface area contributed by atoms with E-state index in [4.69, 9.17) is 4.74 Å². The number of nitrogens with zero attached hydrogens (tertiary/aromatic N) is 3. The summed E-state index contributed by atoms with van der Waals surface area (Å²) in [6.07, 6.45) is 6.21. The molecule has 1 fully saturated rings. The van der Waals surface area contributed by atoms with Crippen LogP contribution < -0.4 is 10.1 Å². The molecule has 2 amide bonds. The van der Waals surface area contributed by atoms with Gasteiger partial charge in [-0.3, -0.25) is 14.3 Å². The number of fused-ring (bicyclic) bond motifs is 1. The van der Waals surface area contributed by atoms with Crippen LogP contribution in [-0.2, 0) is 11.3 Å². The lowest BCUT2D eigenvalue weighted by atomic mass is 10.1. The van der Waals surface area contributed by atoms with Crippen LogP contribution in [0.5, 0.6) is 5.75 Å². The van der Waals surface area contributed by atoms with Gasteiger partial charge in [0.2, 0.25) is 5.91 Å². The van der Waals surface area contributed by atoms with E-state index in [-0.39, 0.29) is 18.4 Å². The highest BCUT2D eigenvalue weighted by Crippen LogP contribution is 2.20. The number of hydrogen-bond acceptors (Lipinski definition) is 4. The van der Waals surface area contributed by atoms with E-state index in [1.54, 1.807) is 36.2 Å². The van der Waals surface area contributed by atoms with E-state index in [1.807, 2.05) is 29.2 Å². The number of amides is 2. The molecule has 7 nitrogen and oxygen atoms in total. The van der Waals surface area contributed by atoms with Crippen LogP contribution in [0.2, 0.25) is 0 Å². The molecule has 156 valence electrons. The number of anilines is 1. The zero-order chi connectivity index (χ0) is 20.9. The fourth-order valence-electron chi connectivity index (χ4n) is 3.81. The highest BCUT2D eigenvalue weighted by atomic mass is 16.5.